The Hall–Kier alpha value is -2.86. The zero-order chi connectivity index (χ0) is 16.4. The molecule has 1 aromatic carbocycles. The molecule has 1 N–H and O–H groups in total. The van der Waals surface area contributed by atoms with Crippen LogP contribution in [0.5, 0.6) is 0 Å². The molecule has 3 heterocycles. The number of fused-ring (bicyclic) bond motifs is 1. The Morgan fingerprint density at radius 2 is 2.17 bits per heavy atom. The van der Waals surface area contributed by atoms with Gasteiger partial charge in [-0.15, -0.1) is 0 Å². The molecule has 24 heavy (non-hydrogen) atoms. The van der Waals surface area contributed by atoms with Gasteiger partial charge in [0.2, 0.25) is 0 Å². The van der Waals surface area contributed by atoms with Gasteiger partial charge >= 0.3 is 0 Å². The normalized spacial score (nSPS) is 11.0. The topological polar surface area (TPSA) is 60.1 Å². The van der Waals surface area contributed by atoms with E-state index < -0.39 is 0 Å². The number of nitrogens with zero attached hydrogens (tertiary/aromatic N) is 2. The van der Waals surface area contributed by atoms with Crippen LogP contribution < -0.4 is 5.32 Å². The van der Waals surface area contributed by atoms with Crippen molar-refractivity contribution in [1.29, 1.82) is 0 Å². The average molecular weight is 337 g/mol. The molecular weight excluding hydrogens is 322 g/mol. The van der Waals surface area contributed by atoms with Crippen LogP contribution in [0.4, 0.5) is 0 Å². The molecule has 0 radical (unpaired) electrons. The second-order valence-corrected chi connectivity index (χ2v) is 6.16. The monoisotopic (exact) mass is 337 g/mol. The van der Waals surface area contributed by atoms with Crippen LogP contribution in [0, 0.1) is 0 Å². The predicted molar refractivity (Wildman–Crippen MR) is 94.1 cm³/mol. The van der Waals surface area contributed by atoms with Crippen LogP contribution in [0.25, 0.3) is 22.2 Å². The Labute approximate surface area is 142 Å². The number of hydrogen-bond acceptors (Lipinski definition) is 4. The van der Waals surface area contributed by atoms with Gasteiger partial charge in [-0.1, -0.05) is 18.2 Å². The molecule has 3 aromatic heterocycles. The maximum absolute atomic E-state index is 12.2. The summed E-state index contributed by atoms with van der Waals surface area (Å²) in [6, 6.07) is 13.4. The first kappa shape index (κ1) is 14.7. The highest BCUT2D eigenvalue weighted by Gasteiger charge is 2.11. The molecule has 1 amide bonds. The Kier molecular flexibility index (Phi) is 3.88. The van der Waals surface area contributed by atoms with E-state index in [0.29, 0.717) is 18.8 Å². The van der Waals surface area contributed by atoms with Gasteiger partial charge in [-0.05, 0) is 29.6 Å². The van der Waals surface area contributed by atoms with E-state index in [-0.39, 0.29) is 5.91 Å². The van der Waals surface area contributed by atoms with Crippen molar-refractivity contribution in [3.8, 4) is 11.3 Å². The van der Waals surface area contributed by atoms with Gasteiger partial charge in [0.25, 0.3) is 5.91 Å². The lowest BCUT2D eigenvalue weighted by atomic mass is 10.2. The molecule has 4 aromatic rings. The smallest absolute Gasteiger partial charge is 0.287 e. The lowest BCUT2D eigenvalue weighted by Gasteiger charge is -2.03. The minimum absolute atomic E-state index is 0.212. The van der Waals surface area contributed by atoms with Gasteiger partial charge in [-0.25, -0.2) is 0 Å². The number of aromatic nitrogens is 2. The van der Waals surface area contributed by atoms with Crippen molar-refractivity contribution in [2.75, 3.05) is 6.54 Å². The number of hydrogen-bond donors (Lipinski definition) is 1. The fourth-order valence-electron chi connectivity index (χ4n) is 2.52. The molecule has 0 bridgehead atoms. The molecule has 0 atom stereocenters. The van der Waals surface area contributed by atoms with Crippen LogP contribution in [0.1, 0.15) is 10.6 Å². The summed E-state index contributed by atoms with van der Waals surface area (Å²) in [6.45, 7) is 1.09. The van der Waals surface area contributed by atoms with E-state index >= 15 is 0 Å². The molecule has 0 saturated carbocycles. The van der Waals surface area contributed by atoms with Crippen molar-refractivity contribution in [3.05, 3.63) is 65.2 Å². The fourth-order valence-corrected chi connectivity index (χ4v) is 3.16. The minimum Gasteiger partial charge on any atom is -0.451 e. The molecule has 120 valence electrons. The third kappa shape index (κ3) is 2.96. The molecule has 0 unspecified atom stereocenters. The van der Waals surface area contributed by atoms with E-state index in [9.17, 15) is 4.79 Å². The van der Waals surface area contributed by atoms with Crippen molar-refractivity contribution >= 4 is 28.2 Å². The first-order chi connectivity index (χ1) is 11.8. The SMILES string of the molecule is O=C(NCCn1ccc(-c2ccsc2)n1)c1cc2ccccc2o1. The summed E-state index contributed by atoms with van der Waals surface area (Å²) in [5.74, 6) is 0.118. The molecule has 0 fully saturated rings. The van der Waals surface area contributed by atoms with Gasteiger partial charge in [0, 0.05) is 29.1 Å². The van der Waals surface area contributed by atoms with Gasteiger partial charge in [0.15, 0.2) is 5.76 Å². The quantitative estimate of drug-likeness (QED) is 0.603. The molecule has 0 spiro atoms. The Balaban J connectivity index is 1.36. The summed E-state index contributed by atoms with van der Waals surface area (Å²) in [6.07, 6.45) is 1.92. The van der Waals surface area contributed by atoms with Gasteiger partial charge < -0.3 is 9.73 Å². The first-order valence-electron chi connectivity index (χ1n) is 7.62. The van der Waals surface area contributed by atoms with Crippen molar-refractivity contribution < 1.29 is 9.21 Å². The summed E-state index contributed by atoms with van der Waals surface area (Å²) >= 11 is 1.65. The standard InChI is InChI=1S/C18H15N3O2S/c22-18(17-11-13-3-1-2-4-16(13)23-17)19-7-9-21-8-5-15(20-21)14-6-10-24-12-14/h1-6,8,10-12H,7,9H2,(H,19,22). The average Bonchev–Trinajstić information content (AvgIpc) is 3.33. The molecule has 5 nitrogen and oxygen atoms in total. The van der Waals surface area contributed by atoms with E-state index in [1.165, 1.54) is 0 Å². The highest BCUT2D eigenvalue weighted by atomic mass is 32.1. The molecule has 0 aliphatic heterocycles. The lowest BCUT2D eigenvalue weighted by Crippen LogP contribution is -2.27. The Morgan fingerprint density at radius 1 is 1.25 bits per heavy atom. The molecule has 0 aliphatic rings. The second kappa shape index (κ2) is 6.33. The summed E-state index contributed by atoms with van der Waals surface area (Å²) in [5, 5.41) is 12.4. The summed E-state index contributed by atoms with van der Waals surface area (Å²) in [5.41, 5.74) is 2.78. The highest BCUT2D eigenvalue weighted by Crippen LogP contribution is 2.20. The number of carbonyl (C=O) groups excluding carboxylic acids is 1. The van der Waals surface area contributed by atoms with E-state index in [4.69, 9.17) is 4.42 Å². The molecule has 4 rings (SSSR count). The first-order valence-corrected chi connectivity index (χ1v) is 8.57. The van der Waals surface area contributed by atoms with Crippen LogP contribution in [0.15, 0.2) is 63.8 Å². The number of nitrogens with one attached hydrogen (secondary N) is 1. The number of amides is 1. The zero-order valence-corrected chi connectivity index (χ0v) is 13.6. The van der Waals surface area contributed by atoms with Gasteiger partial charge in [0.05, 0.1) is 12.2 Å². The number of rotatable bonds is 5. The van der Waals surface area contributed by atoms with Gasteiger partial charge in [-0.3, -0.25) is 9.48 Å². The number of furan rings is 1. The minimum atomic E-state index is -0.212. The third-order valence-electron chi connectivity index (χ3n) is 3.73. The highest BCUT2D eigenvalue weighted by molar-refractivity contribution is 7.08. The van der Waals surface area contributed by atoms with Crippen molar-refractivity contribution in [2.45, 2.75) is 6.54 Å². The van der Waals surface area contributed by atoms with E-state index in [1.54, 1.807) is 17.4 Å². The molecular formula is C18H15N3O2S. The van der Waals surface area contributed by atoms with Gasteiger partial charge in [-0.2, -0.15) is 16.4 Å². The second-order valence-electron chi connectivity index (χ2n) is 5.38. The number of carbonyl (C=O) groups is 1. The molecule has 0 aliphatic carbocycles. The van der Waals surface area contributed by atoms with Crippen molar-refractivity contribution in [3.63, 3.8) is 0 Å². The van der Waals surface area contributed by atoms with Crippen molar-refractivity contribution in [1.82, 2.24) is 15.1 Å². The van der Waals surface area contributed by atoms with Gasteiger partial charge in [0.1, 0.15) is 5.58 Å². The fraction of sp³-hybridized carbons (Fsp3) is 0.111. The summed E-state index contributed by atoms with van der Waals surface area (Å²) in [7, 11) is 0. The van der Waals surface area contributed by atoms with Crippen LogP contribution in [0.2, 0.25) is 0 Å². The Bertz CT molecular complexity index is 936. The summed E-state index contributed by atoms with van der Waals surface area (Å²) in [4.78, 5) is 12.2. The predicted octanol–water partition coefficient (Wildman–Crippen LogP) is 3.79. The van der Waals surface area contributed by atoms with Crippen LogP contribution in [-0.4, -0.2) is 22.2 Å². The summed E-state index contributed by atoms with van der Waals surface area (Å²) < 4.78 is 7.38. The van der Waals surface area contributed by atoms with E-state index in [0.717, 1.165) is 22.2 Å². The number of thiophene rings is 1. The van der Waals surface area contributed by atoms with E-state index in [1.807, 2.05) is 52.7 Å². The van der Waals surface area contributed by atoms with Crippen LogP contribution in [0.3, 0.4) is 0 Å². The van der Waals surface area contributed by atoms with Crippen molar-refractivity contribution in [2.24, 2.45) is 0 Å². The largest absolute Gasteiger partial charge is 0.451 e. The van der Waals surface area contributed by atoms with E-state index in [2.05, 4.69) is 15.8 Å². The number of para-hydroxylation sites is 1. The maximum atomic E-state index is 12.2. The maximum Gasteiger partial charge on any atom is 0.287 e. The lowest BCUT2D eigenvalue weighted by molar-refractivity contribution is 0.0926. The van der Waals surface area contributed by atoms with Crippen LogP contribution in [-0.2, 0) is 6.54 Å². The zero-order valence-electron chi connectivity index (χ0n) is 12.8. The Morgan fingerprint density at radius 3 is 3.00 bits per heavy atom. The molecule has 6 heteroatoms. The third-order valence-corrected chi connectivity index (χ3v) is 4.42. The van der Waals surface area contributed by atoms with Crippen LogP contribution >= 0.6 is 11.3 Å². The molecule has 0 saturated heterocycles. The number of benzene rings is 1.